The maximum absolute atomic E-state index is 13.3. The third kappa shape index (κ3) is 4.44. The maximum Gasteiger partial charge on any atom is 0.282 e. The van der Waals surface area contributed by atoms with E-state index in [1.54, 1.807) is 24.3 Å². The zero-order valence-corrected chi connectivity index (χ0v) is 19.2. The van der Waals surface area contributed by atoms with Crippen LogP contribution in [0.4, 0.5) is 5.69 Å². The summed E-state index contributed by atoms with van der Waals surface area (Å²) in [5.74, 6) is 2.07. The highest BCUT2D eigenvalue weighted by Crippen LogP contribution is 2.34. The van der Waals surface area contributed by atoms with Crippen molar-refractivity contribution in [3.8, 4) is 17.1 Å². The molecule has 178 valence electrons. The highest BCUT2D eigenvalue weighted by atomic mass is 16.6. The number of ether oxygens (including phenoxy) is 1. The Labute approximate surface area is 200 Å². The molecular formula is C26H24N4O5. The lowest BCUT2D eigenvalue weighted by atomic mass is 9.88. The van der Waals surface area contributed by atoms with Crippen molar-refractivity contribution in [3.63, 3.8) is 0 Å². The molecule has 0 saturated heterocycles. The van der Waals surface area contributed by atoms with Crippen LogP contribution in [0.5, 0.6) is 5.75 Å². The summed E-state index contributed by atoms with van der Waals surface area (Å²) in [6, 6.07) is 15.1. The van der Waals surface area contributed by atoms with Crippen LogP contribution in [0.3, 0.4) is 0 Å². The summed E-state index contributed by atoms with van der Waals surface area (Å²) >= 11 is 0. The van der Waals surface area contributed by atoms with Gasteiger partial charge in [0.2, 0.25) is 0 Å². The summed E-state index contributed by atoms with van der Waals surface area (Å²) in [4.78, 5) is 28.7. The molecule has 0 amide bonds. The molecule has 0 N–H and O–H groups in total. The molecule has 1 aliphatic rings. The van der Waals surface area contributed by atoms with E-state index in [4.69, 9.17) is 14.1 Å². The minimum Gasteiger partial charge on any atom is -0.496 e. The van der Waals surface area contributed by atoms with E-state index in [0.717, 1.165) is 25.7 Å². The van der Waals surface area contributed by atoms with Crippen LogP contribution in [0.25, 0.3) is 22.2 Å². The van der Waals surface area contributed by atoms with Gasteiger partial charge in [-0.25, -0.2) is 4.98 Å². The minimum atomic E-state index is -0.480. The summed E-state index contributed by atoms with van der Waals surface area (Å²) < 4.78 is 12.6. The van der Waals surface area contributed by atoms with Crippen LogP contribution in [-0.4, -0.2) is 27.9 Å². The Morgan fingerprint density at radius 2 is 1.94 bits per heavy atom. The molecule has 0 bridgehead atoms. The second-order valence-corrected chi connectivity index (χ2v) is 8.53. The number of nitro groups is 1. The zero-order valence-electron chi connectivity index (χ0n) is 19.2. The second kappa shape index (κ2) is 9.54. The number of aromatic nitrogens is 2. The molecular weight excluding hydrogens is 448 g/mol. The molecule has 0 radical (unpaired) electrons. The summed E-state index contributed by atoms with van der Waals surface area (Å²) in [5.41, 5.74) is 0.967. The fourth-order valence-electron chi connectivity index (χ4n) is 4.56. The highest BCUT2D eigenvalue weighted by Gasteiger charge is 2.22. The molecule has 0 unspecified atom stereocenters. The molecule has 0 aliphatic heterocycles. The largest absolute Gasteiger partial charge is 0.496 e. The Hall–Kier alpha value is -4.27. The monoisotopic (exact) mass is 472 g/mol. The summed E-state index contributed by atoms with van der Waals surface area (Å²) in [7, 11) is 1.44. The van der Waals surface area contributed by atoms with Gasteiger partial charge in [0.1, 0.15) is 23.1 Å². The molecule has 2 aromatic heterocycles. The summed E-state index contributed by atoms with van der Waals surface area (Å²) in [6.07, 6.45) is 6.85. The van der Waals surface area contributed by atoms with E-state index in [2.05, 4.69) is 5.10 Å². The molecule has 5 rings (SSSR count). The van der Waals surface area contributed by atoms with Gasteiger partial charge in [0.25, 0.3) is 11.2 Å². The van der Waals surface area contributed by atoms with E-state index >= 15 is 0 Å². The van der Waals surface area contributed by atoms with Gasteiger partial charge in [-0.3, -0.25) is 14.9 Å². The molecule has 9 heteroatoms. The zero-order chi connectivity index (χ0) is 24.4. The fraction of sp³-hybridized carbons (Fsp3) is 0.269. The minimum absolute atomic E-state index is 0.0719. The van der Waals surface area contributed by atoms with E-state index in [1.807, 2.05) is 18.2 Å². The van der Waals surface area contributed by atoms with Crippen molar-refractivity contribution >= 4 is 22.8 Å². The van der Waals surface area contributed by atoms with Crippen LogP contribution >= 0.6 is 0 Å². The molecule has 4 aromatic rings. The molecule has 2 heterocycles. The lowest BCUT2D eigenvalue weighted by molar-refractivity contribution is -0.384. The Kier molecular flexibility index (Phi) is 6.13. The first-order chi connectivity index (χ1) is 17.0. The van der Waals surface area contributed by atoms with E-state index < -0.39 is 4.92 Å². The van der Waals surface area contributed by atoms with Gasteiger partial charge in [-0.15, -0.1) is 0 Å². The van der Waals surface area contributed by atoms with Crippen LogP contribution in [0.1, 0.15) is 49.6 Å². The summed E-state index contributed by atoms with van der Waals surface area (Å²) in [6.45, 7) is 0. The number of nitrogens with zero attached hydrogens (tertiary/aromatic N) is 4. The van der Waals surface area contributed by atoms with Crippen molar-refractivity contribution in [1.82, 2.24) is 9.66 Å². The van der Waals surface area contributed by atoms with E-state index in [9.17, 15) is 14.9 Å². The number of para-hydroxylation sites is 1. The number of nitro benzene ring substituents is 1. The molecule has 2 aromatic carbocycles. The predicted molar refractivity (Wildman–Crippen MR) is 132 cm³/mol. The molecule has 1 saturated carbocycles. The molecule has 35 heavy (non-hydrogen) atoms. The highest BCUT2D eigenvalue weighted by molar-refractivity contribution is 5.80. The first-order valence-electron chi connectivity index (χ1n) is 11.5. The van der Waals surface area contributed by atoms with Gasteiger partial charge in [0.15, 0.2) is 0 Å². The van der Waals surface area contributed by atoms with Crippen LogP contribution in [0, 0.1) is 10.1 Å². The molecule has 9 nitrogen and oxygen atoms in total. The second-order valence-electron chi connectivity index (χ2n) is 8.53. The Bertz CT molecular complexity index is 1480. The van der Waals surface area contributed by atoms with Crippen LogP contribution in [0.2, 0.25) is 0 Å². The van der Waals surface area contributed by atoms with Crippen molar-refractivity contribution < 1.29 is 14.1 Å². The van der Waals surface area contributed by atoms with Gasteiger partial charge in [-0.1, -0.05) is 31.4 Å². The quantitative estimate of drug-likeness (QED) is 0.208. The van der Waals surface area contributed by atoms with E-state index in [0.29, 0.717) is 39.6 Å². The fourth-order valence-corrected chi connectivity index (χ4v) is 4.56. The molecule has 1 fully saturated rings. The Morgan fingerprint density at radius 1 is 1.14 bits per heavy atom. The van der Waals surface area contributed by atoms with Crippen LogP contribution in [0.15, 0.2) is 68.9 Å². The van der Waals surface area contributed by atoms with Crippen molar-refractivity contribution in [3.05, 3.63) is 86.7 Å². The van der Waals surface area contributed by atoms with Gasteiger partial charge in [0, 0.05) is 12.0 Å². The third-order valence-corrected chi connectivity index (χ3v) is 6.34. The topological polar surface area (TPSA) is 113 Å². The first-order valence-corrected chi connectivity index (χ1v) is 11.5. The number of hydrogen-bond acceptors (Lipinski definition) is 7. The number of hydrogen-bond donors (Lipinski definition) is 0. The van der Waals surface area contributed by atoms with Crippen molar-refractivity contribution in [2.24, 2.45) is 5.10 Å². The average Bonchev–Trinajstić information content (AvgIpc) is 3.37. The Balaban J connectivity index is 1.52. The number of rotatable bonds is 6. The number of furan rings is 1. The van der Waals surface area contributed by atoms with Gasteiger partial charge >= 0.3 is 0 Å². The van der Waals surface area contributed by atoms with Crippen molar-refractivity contribution in [2.75, 3.05) is 7.11 Å². The van der Waals surface area contributed by atoms with Gasteiger partial charge in [-0.2, -0.15) is 9.78 Å². The van der Waals surface area contributed by atoms with Crippen molar-refractivity contribution in [1.29, 1.82) is 0 Å². The SMILES string of the molecule is COc1cc([N+](=O)[O-])ccc1-c1ccc(C=Nn2c(C3CCCCC3)nc3ccccc3c2=O)o1. The predicted octanol–water partition coefficient (Wildman–Crippen LogP) is 5.50. The van der Waals surface area contributed by atoms with E-state index in [-0.39, 0.29) is 17.2 Å². The van der Waals surface area contributed by atoms with Crippen LogP contribution < -0.4 is 10.3 Å². The standard InChI is InChI=1S/C26H24N4O5/c1-34-24-15-18(30(32)33)11-13-21(24)23-14-12-19(35-23)16-27-29-25(17-7-3-2-4-8-17)28-22-10-6-5-9-20(22)26(29)31/h5-6,9-17H,2-4,7-8H2,1H3. The average molecular weight is 473 g/mol. The summed E-state index contributed by atoms with van der Waals surface area (Å²) in [5, 5.41) is 16.1. The lowest BCUT2D eigenvalue weighted by Gasteiger charge is -2.22. The first kappa shape index (κ1) is 22.5. The molecule has 1 aliphatic carbocycles. The Morgan fingerprint density at radius 3 is 2.71 bits per heavy atom. The molecule has 0 spiro atoms. The lowest BCUT2D eigenvalue weighted by Crippen LogP contribution is -2.25. The third-order valence-electron chi connectivity index (χ3n) is 6.34. The number of methoxy groups -OCH3 is 1. The van der Waals surface area contributed by atoms with Gasteiger partial charge in [-0.05, 0) is 43.2 Å². The number of benzene rings is 2. The number of fused-ring (bicyclic) bond motifs is 1. The normalized spacial score (nSPS) is 14.5. The number of non-ortho nitro benzene ring substituents is 1. The molecule has 0 atom stereocenters. The maximum atomic E-state index is 13.3. The van der Waals surface area contributed by atoms with Gasteiger partial charge < -0.3 is 9.15 Å². The smallest absolute Gasteiger partial charge is 0.282 e. The van der Waals surface area contributed by atoms with Gasteiger partial charge in [0.05, 0.1) is 40.8 Å². The van der Waals surface area contributed by atoms with E-state index in [1.165, 1.54) is 36.6 Å². The van der Waals surface area contributed by atoms with Crippen molar-refractivity contribution in [2.45, 2.75) is 38.0 Å². The van der Waals surface area contributed by atoms with Crippen LogP contribution in [-0.2, 0) is 0 Å².